The number of phenols is 1. The van der Waals surface area contributed by atoms with Crippen LogP contribution in [0.1, 0.15) is 34.3 Å². The molecule has 1 saturated heterocycles. The predicted molar refractivity (Wildman–Crippen MR) is 111 cm³/mol. The highest BCUT2D eigenvalue weighted by Gasteiger charge is 2.32. The van der Waals surface area contributed by atoms with Crippen molar-refractivity contribution in [3.63, 3.8) is 0 Å². The number of hydrogen-bond acceptors (Lipinski definition) is 4. The van der Waals surface area contributed by atoms with E-state index in [1.165, 1.54) is 23.3 Å². The third kappa shape index (κ3) is 5.33. The summed E-state index contributed by atoms with van der Waals surface area (Å²) in [4.78, 5) is 16.5. The summed E-state index contributed by atoms with van der Waals surface area (Å²) in [5.41, 5.74) is 2.35. The lowest BCUT2D eigenvalue weighted by molar-refractivity contribution is -0.0215. The van der Waals surface area contributed by atoms with Gasteiger partial charge in [-0.1, -0.05) is 29.8 Å². The Hall–Kier alpha value is -2.37. The van der Waals surface area contributed by atoms with Crippen LogP contribution in [0.25, 0.3) is 0 Å². The summed E-state index contributed by atoms with van der Waals surface area (Å²) in [5.74, 6) is 0.110. The molecule has 3 rings (SSSR count). The lowest BCUT2D eigenvalue weighted by Gasteiger charge is -2.39. The number of benzene rings is 2. The molecular formula is C23H30N2O3. The van der Waals surface area contributed by atoms with Crippen LogP contribution in [0.4, 0.5) is 0 Å². The van der Waals surface area contributed by atoms with Crippen molar-refractivity contribution in [1.82, 2.24) is 9.80 Å². The molecule has 28 heavy (non-hydrogen) atoms. The first-order valence-electron chi connectivity index (χ1n) is 9.89. The molecule has 0 atom stereocenters. The van der Waals surface area contributed by atoms with Gasteiger partial charge in [-0.3, -0.25) is 4.79 Å². The van der Waals surface area contributed by atoms with E-state index in [4.69, 9.17) is 0 Å². The molecular weight excluding hydrogens is 352 g/mol. The van der Waals surface area contributed by atoms with Gasteiger partial charge in [-0.05, 0) is 49.6 Å². The summed E-state index contributed by atoms with van der Waals surface area (Å²) in [6.45, 7) is 5.17. The van der Waals surface area contributed by atoms with Crippen molar-refractivity contribution < 1.29 is 15.0 Å². The Morgan fingerprint density at radius 3 is 2.29 bits per heavy atom. The highest BCUT2D eigenvalue weighted by Crippen LogP contribution is 2.26. The van der Waals surface area contributed by atoms with E-state index in [2.05, 4.69) is 36.1 Å². The van der Waals surface area contributed by atoms with E-state index in [1.807, 2.05) is 0 Å². The van der Waals surface area contributed by atoms with Crippen LogP contribution in [0.2, 0.25) is 0 Å². The Morgan fingerprint density at radius 2 is 1.68 bits per heavy atom. The summed E-state index contributed by atoms with van der Waals surface area (Å²) in [6.07, 6.45) is 2.19. The van der Waals surface area contributed by atoms with Crippen LogP contribution in [0.15, 0.2) is 48.5 Å². The number of aromatic hydroxyl groups is 1. The Balaban J connectivity index is 1.45. The first-order chi connectivity index (χ1) is 13.3. The van der Waals surface area contributed by atoms with Gasteiger partial charge in [0, 0.05) is 45.2 Å². The minimum Gasteiger partial charge on any atom is -0.508 e. The van der Waals surface area contributed by atoms with Crippen LogP contribution >= 0.6 is 0 Å². The molecule has 2 aromatic rings. The molecule has 150 valence electrons. The molecule has 1 aliphatic heterocycles. The van der Waals surface area contributed by atoms with Crippen molar-refractivity contribution in [2.45, 2.75) is 31.8 Å². The molecule has 2 aromatic carbocycles. The number of carbonyl (C=O) groups is 1. The first kappa shape index (κ1) is 20.4. The number of phenolic OH excluding ortho intramolecular Hbond substituents is 1. The van der Waals surface area contributed by atoms with Crippen molar-refractivity contribution in [3.8, 4) is 5.75 Å². The number of amides is 1. The Morgan fingerprint density at radius 1 is 1.07 bits per heavy atom. The minimum atomic E-state index is -0.639. The molecule has 0 radical (unpaired) electrons. The summed E-state index contributed by atoms with van der Waals surface area (Å²) in [6, 6.07) is 14.7. The molecule has 5 nitrogen and oxygen atoms in total. The van der Waals surface area contributed by atoms with Gasteiger partial charge in [0.2, 0.25) is 0 Å². The molecule has 1 fully saturated rings. The lowest BCUT2D eigenvalue weighted by Crippen LogP contribution is -2.47. The molecule has 0 aromatic heterocycles. The molecule has 1 amide bonds. The molecule has 0 unspecified atom stereocenters. The van der Waals surface area contributed by atoms with Crippen LogP contribution in [0.3, 0.4) is 0 Å². The average molecular weight is 383 g/mol. The lowest BCUT2D eigenvalue weighted by atomic mass is 9.85. The van der Waals surface area contributed by atoms with Gasteiger partial charge in [-0.25, -0.2) is 0 Å². The second-order valence-electron chi connectivity index (χ2n) is 8.00. The summed E-state index contributed by atoms with van der Waals surface area (Å²) in [5, 5.41) is 20.3. The minimum absolute atomic E-state index is 0.0483. The van der Waals surface area contributed by atoms with E-state index in [0.29, 0.717) is 18.5 Å². The van der Waals surface area contributed by atoms with Gasteiger partial charge in [-0.2, -0.15) is 0 Å². The fourth-order valence-electron chi connectivity index (χ4n) is 3.67. The largest absolute Gasteiger partial charge is 0.508 e. The van der Waals surface area contributed by atoms with E-state index >= 15 is 0 Å². The number of carbonyl (C=O) groups excluding carboxylic acids is 1. The maximum atomic E-state index is 12.4. The fraction of sp³-hybridized carbons (Fsp3) is 0.435. The zero-order valence-corrected chi connectivity index (χ0v) is 16.8. The number of aryl methyl sites for hydroxylation is 1. The van der Waals surface area contributed by atoms with Crippen LogP contribution in [-0.2, 0) is 6.42 Å². The number of hydrogen-bond donors (Lipinski definition) is 2. The smallest absolute Gasteiger partial charge is 0.253 e. The van der Waals surface area contributed by atoms with E-state index in [0.717, 1.165) is 32.5 Å². The maximum Gasteiger partial charge on any atom is 0.253 e. The van der Waals surface area contributed by atoms with Gasteiger partial charge in [-0.15, -0.1) is 0 Å². The van der Waals surface area contributed by atoms with Gasteiger partial charge >= 0.3 is 0 Å². The standard InChI is InChI=1S/C23H30N2O3/c1-18-3-5-19(6-4-18)17-23(28)11-13-25(14-12-23)16-15-24(2)22(27)20-7-9-21(26)10-8-20/h3-10,26,28H,11-17H2,1-2H3. The zero-order valence-electron chi connectivity index (χ0n) is 16.8. The van der Waals surface area contributed by atoms with Crippen LogP contribution < -0.4 is 0 Å². The molecule has 1 aliphatic rings. The number of aliphatic hydroxyl groups is 1. The van der Waals surface area contributed by atoms with Crippen molar-refractivity contribution >= 4 is 5.91 Å². The summed E-state index contributed by atoms with van der Waals surface area (Å²) >= 11 is 0. The average Bonchev–Trinajstić information content (AvgIpc) is 2.69. The number of nitrogens with zero attached hydrogens (tertiary/aromatic N) is 2. The highest BCUT2D eigenvalue weighted by atomic mass is 16.3. The van der Waals surface area contributed by atoms with Gasteiger partial charge in [0.15, 0.2) is 0 Å². The molecule has 2 N–H and O–H groups in total. The van der Waals surface area contributed by atoms with E-state index in [-0.39, 0.29) is 11.7 Å². The Kier molecular flexibility index (Phi) is 6.37. The number of likely N-dealkylation sites (N-methyl/N-ethyl adjacent to an activating group) is 1. The molecule has 0 saturated carbocycles. The van der Waals surface area contributed by atoms with Crippen LogP contribution in [0.5, 0.6) is 5.75 Å². The molecule has 0 spiro atoms. The van der Waals surface area contributed by atoms with Crippen molar-refractivity contribution in [2.75, 3.05) is 33.2 Å². The second-order valence-corrected chi connectivity index (χ2v) is 8.00. The zero-order chi connectivity index (χ0) is 20.1. The third-order valence-electron chi connectivity index (χ3n) is 5.65. The fourth-order valence-corrected chi connectivity index (χ4v) is 3.67. The van der Waals surface area contributed by atoms with Crippen molar-refractivity contribution in [3.05, 3.63) is 65.2 Å². The topological polar surface area (TPSA) is 64.0 Å². The van der Waals surface area contributed by atoms with Crippen LogP contribution in [0, 0.1) is 6.92 Å². The Bertz CT molecular complexity index is 778. The number of likely N-dealkylation sites (tertiary alicyclic amines) is 1. The molecule has 1 heterocycles. The van der Waals surface area contributed by atoms with Gasteiger partial charge in [0.05, 0.1) is 5.60 Å². The second kappa shape index (κ2) is 8.76. The summed E-state index contributed by atoms with van der Waals surface area (Å²) < 4.78 is 0. The highest BCUT2D eigenvalue weighted by molar-refractivity contribution is 5.94. The molecule has 0 aliphatic carbocycles. The van der Waals surface area contributed by atoms with E-state index in [1.54, 1.807) is 24.1 Å². The number of piperidine rings is 1. The van der Waals surface area contributed by atoms with Gasteiger partial charge in [0.25, 0.3) is 5.91 Å². The molecule has 5 heteroatoms. The summed E-state index contributed by atoms with van der Waals surface area (Å²) in [7, 11) is 1.80. The van der Waals surface area contributed by atoms with Crippen molar-refractivity contribution in [2.24, 2.45) is 0 Å². The first-order valence-corrected chi connectivity index (χ1v) is 9.89. The SMILES string of the molecule is Cc1ccc(CC2(O)CCN(CCN(C)C(=O)c3ccc(O)cc3)CC2)cc1. The molecule has 0 bridgehead atoms. The number of rotatable bonds is 6. The van der Waals surface area contributed by atoms with Crippen molar-refractivity contribution in [1.29, 1.82) is 0 Å². The van der Waals surface area contributed by atoms with Gasteiger partial charge < -0.3 is 20.0 Å². The normalized spacial score (nSPS) is 16.7. The van der Waals surface area contributed by atoms with Gasteiger partial charge in [0.1, 0.15) is 5.75 Å². The van der Waals surface area contributed by atoms with Crippen LogP contribution in [-0.4, -0.2) is 64.7 Å². The maximum absolute atomic E-state index is 12.4. The van der Waals surface area contributed by atoms with E-state index in [9.17, 15) is 15.0 Å². The Labute approximate surface area is 167 Å². The third-order valence-corrected chi connectivity index (χ3v) is 5.65. The quantitative estimate of drug-likeness (QED) is 0.806. The predicted octanol–water partition coefficient (Wildman–Crippen LogP) is 2.84. The van der Waals surface area contributed by atoms with E-state index < -0.39 is 5.60 Å². The monoisotopic (exact) mass is 382 g/mol.